The lowest BCUT2D eigenvalue weighted by molar-refractivity contribution is 0.0615. The van der Waals surface area contributed by atoms with Gasteiger partial charge in [-0.3, -0.25) is 5.32 Å². The molecule has 1 rings (SSSR count). The van der Waals surface area contributed by atoms with Crippen molar-refractivity contribution in [2.75, 3.05) is 6.54 Å². The third-order valence-electron chi connectivity index (χ3n) is 0.976. The quantitative estimate of drug-likeness (QED) is 0.391. The minimum atomic E-state index is -1.25. The molecule has 0 bridgehead atoms. The Kier molecular flexibility index (Phi) is 1.69. The Balaban J connectivity index is 2.28. The van der Waals surface area contributed by atoms with Gasteiger partial charge in [0, 0.05) is 6.54 Å². The van der Waals surface area contributed by atoms with Crippen molar-refractivity contribution in [3.8, 4) is 0 Å². The van der Waals surface area contributed by atoms with Crippen LogP contribution in [-0.2, 0) is 4.74 Å². The Bertz CT molecular complexity index is 143. The van der Waals surface area contributed by atoms with E-state index < -0.39 is 12.4 Å². The first kappa shape index (κ1) is 6.10. The maximum atomic E-state index is 9.86. The van der Waals surface area contributed by atoms with E-state index in [0.29, 0.717) is 6.54 Å². The molecule has 0 unspecified atom stereocenters. The standard InChI is InChI=1S/C5H7NO3/c7-5(8)9-4-2-1-3-6-4/h1-2,4,6H,3H2,(H,7,8)/t4-/m0/s1. The summed E-state index contributed by atoms with van der Waals surface area (Å²) in [5.41, 5.74) is 0. The molecule has 1 aliphatic rings. The first-order valence-corrected chi connectivity index (χ1v) is 2.58. The van der Waals surface area contributed by atoms with Crippen molar-refractivity contribution in [2.24, 2.45) is 0 Å². The summed E-state index contributed by atoms with van der Waals surface area (Å²) in [6, 6.07) is 0. The van der Waals surface area contributed by atoms with Crippen LogP contribution in [-0.4, -0.2) is 24.0 Å². The van der Waals surface area contributed by atoms with Gasteiger partial charge in [-0.2, -0.15) is 0 Å². The van der Waals surface area contributed by atoms with Crippen molar-refractivity contribution in [2.45, 2.75) is 6.23 Å². The second kappa shape index (κ2) is 2.50. The van der Waals surface area contributed by atoms with Crippen molar-refractivity contribution in [1.82, 2.24) is 5.32 Å². The third-order valence-corrected chi connectivity index (χ3v) is 0.976. The molecule has 0 spiro atoms. The maximum absolute atomic E-state index is 9.86. The topological polar surface area (TPSA) is 58.6 Å². The van der Waals surface area contributed by atoms with E-state index >= 15 is 0 Å². The molecule has 0 radical (unpaired) electrons. The van der Waals surface area contributed by atoms with E-state index in [1.165, 1.54) is 0 Å². The highest BCUT2D eigenvalue weighted by atomic mass is 16.7. The number of carbonyl (C=O) groups is 1. The van der Waals surface area contributed by atoms with Gasteiger partial charge in [-0.15, -0.1) is 0 Å². The van der Waals surface area contributed by atoms with Gasteiger partial charge in [-0.05, 0) is 6.08 Å². The number of ether oxygens (including phenoxy) is 1. The van der Waals surface area contributed by atoms with Crippen LogP contribution in [0.15, 0.2) is 12.2 Å². The predicted molar refractivity (Wildman–Crippen MR) is 30.0 cm³/mol. The molecule has 4 heteroatoms. The van der Waals surface area contributed by atoms with Crippen molar-refractivity contribution >= 4 is 6.16 Å². The molecule has 4 nitrogen and oxygen atoms in total. The Morgan fingerprint density at radius 1 is 1.89 bits per heavy atom. The molecule has 0 aromatic carbocycles. The number of carboxylic acid groups (broad SMARTS) is 1. The normalized spacial score (nSPS) is 24.2. The molecule has 1 aliphatic heterocycles. The molecule has 2 N–H and O–H groups in total. The SMILES string of the molecule is O=C(O)O[C@H]1C=CCN1. The summed E-state index contributed by atoms with van der Waals surface area (Å²) in [7, 11) is 0. The zero-order valence-electron chi connectivity index (χ0n) is 4.70. The first-order chi connectivity index (χ1) is 4.29. The zero-order valence-corrected chi connectivity index (χ0v) is 4.70. The van der Waals surface area contributed by atoms with Crippen LogP contribution in [0.25, 0.3) is 0 Å². The van der Waals surface area contributed by atoms with Crippen molar-refractivity contribution < 1.29 is 14.6 Å². The van der Waals surface area contributed by atoms with Gasteiger partial charge in [0.2, 0.25) is 0 Å². The average Bonchev–Trinajstić information content (AvgIpc) is 2.15. The molecular formula is C5H7NO3. The van der Waals surface area contributed by atoms with Crippen molar-refractivity contribution in [3.63, 3.8) is 0 Å². The fourth-order valence-corrected chi connectivity index (χ4v) is 0.633. The molecule has 50 valence electrons. The largest absolute Gasteiger partial charge is 0.507 e. The monoisotopic (exact) mass is 129 g/mol. The molecular weight excluding hydrogens is 122 g/mol. The van der Waals surface area contributed by atoms with E-state index in [0.717, 1.165) is 0 Å². The maximum Gasteiger partial charge on any atom is 0.507 e. The fraction of sp³-hybridized carbons (Fsp3) is 0.400. The number of rotatable bonds is 1. The van der Waals surface area contributed by atoms with Gasteiger partial charge in [-0.25, -0.2) is 4.79 Å². The van der Waals surface area contributed by atoms with E-state index in [2.05, 4.69) is 10.1 Å². The summed E-state index contributed by atoms with van der Waals surface area (Å²) in [5, 5.41) is 10.9. The number of hydrogen-bond donors (Lipinski definition) is 2. The van der Waals surface area contributed by atoms with Crippen LogP contribution in [0.3, 0.4) is 0 Å². The minimum absolute atomic E-state index is 0.442. The van der Waals surface area contributed by atoms with Gasteiger partial charge in [0.25, 0.3) is 0 Å². The minimum Gasteiger partial charge on any atom is -0.450 e. The highest BCUT2D eigenvalue weighted by Gasteiger charge is 2.10. The van der Waals surface area contributed by atoms with Gasteiger partial charge >= 0.3 is 6.16 Å². The molecule has 0 saturated carbocycles. The van der Waals surface area contributed by atoms with Crippen LogP contribution in [0.5, 0.6) is 0 Å². The van der Waals surface area contributed by atoms with E-state index in [4.69, 9.17) is 5.11 Å². The fourth-order valence-electron chi connectivity index (χ4n) is 0.633. The Hall–Kier alpha value is -1.03. The van der Waals surface area contributed by atoms with Gasteiger partial charge in [0.1, 0.15) is 0 Å². The third kappa shape index (κ3) is 1.73. The van der Waals surface area contributed by atoms with Crippen LogP contribution in [0.4, 0.5) is 4.79 Å². The Morgan fingerprint density at radius 2 is 2.67 bits per heavy atom. The number of nitrogens with one attached hydrogen (secondary N) is 1. The molecule has 0 amide bonds. The zero-order chi connectivity index (χ0) is 6.69. The summed E-state index contributed by atoms with van der Waals surface area (Å²) >= 11 is 0. The smallest absolute Gasteiger partial charge is 0.450 e. The van der Waals surface area contributed by atoms with E-state index in [1.807, 2.05) is 6.08 Å². The lowest BCUT2D eigenvalue weighted by Gasteiger charge is -2.05. The second-order valence-electron chi connectivity index (χ2n) is 1.64. The second-order valence-corrected chi connectivity index (χ2v) is 1.64. The van der Waals surface area contributed by atoms with Crippen LogP contribution in [0.2, 0.25) is 0 Å². The lowest BCUT2D eigenvalue weighted by atomic mass is 10.5. The van der Waals surface area contributed by atoms with Crippen LogP contribution in [0, 0.1) is 0 Å². The van der Waals surface area contributed by atoms with E-state index in [-0.39, 0.29) is 0 Å². The average molecular weight is 129 g/mol. The van der Waals surface area contributed by atoms with Crippen molar-refractivity contribution in [1.29, 1.82) is 0 Å². The first-order valence-electron chi connectivity index (χ1n) is 2.58. The molecule has 0 saturated heterocycles. The molecule has 0 aliphatic carbocycles. The van der Waals surface area contributed by atoms with Crippen LogP contribution in [0.1, 0.15) is 0 Å². The molecule has 0 aromatic rings. The molecule has 1 atom stereocenters. The van der Waals surface area contributed by atoms with Gasteiger partial charge in [0.15, 0.2) is 6.23 Å². The lowest BCUT2D eigenvalue weighted by Crippen LogP contribution is -2.27. The Labute approximate surface area is 52.1 Å². The van der Waals surface area contributed by atoms with Crippen LogP contribution >= 0.6 is 0 Å². The summed E-state index contributed by atoms with van der Waals surface area (Å²) in [4.78, 5) is 9.86. The molecule has 0 fully saturated rings. The highest BCUT2D eigenvalue weighted by molar-refractivity contribution is 5.57. The van der Waals surface area contributed by atoms with E-state index in [9.17, 15) is 4.79 Å². The molecule has 0 aromatic heterocycles. The summed E-state index contributed by atoms with van der Waals surface area (Å²) in [5.74, 6) is 0. The summed E-state index contributed by atoms with van der Waals surface area (Å²) in [6.45, 7) is 0.679. The highest BCUT2D eigenvalue weighted by Crippen LogP contribution is 1.95. The van der Waals surface area contributed by atoms with Crippen molar-refractivity contribution in [3.05, 3.63) is 12.2 Å². The van der Waals surface area contributed by atoms with Gasteiger partial charge < -0.3 is 9.84 Å². The predicted octanol–water partition coefficient (Wildman–Crippen LogP) is 0.166. The summed E-state index contributed by atoms with van der Waals surface area (Å²) < 4.78 is 4.33. The Morgan fingerprint density at radius 3 is 3.11 bits per heavy atom. The van der Waals surface area contributed by atoms with Gasteiger partial charge in [-0.1, -0.05) is 6.08 Å². The molecule has 1 heterocycles. The summed E-state index contributed by atoms with van der Waals surface area (Å²) in [6.07, 6.45) is 1.78. The molecule has 9 heavy (non-hydrogen) atoms. The van der Waals surface area contributed by atoms with Crippen LogP contribution < -0.4 is 5.32 Å². The van der Waals surface area contributed by atoms with Gasteiger partial charge in [0.05, 0.1) is 0 Å². The number of hydrogen-bond acceptors (Lipinski definition) is 3. The van der Waals surface area contributed by atoms with E-state index in [1.54, 1.807) is 6.08 Å².